The molecule has 0 radical (unpaired) electrons. The van der Waals surface area contributed by atoms with Gasteiger partial charge in [0.05, 0.1) is 12.7 Å². The molecule has 1 aliphatic carbocycles. The first-order chi connectivity index (χ1) is 8.74. The molecule has 98 valence electrons. The van der Waals surface area contributed by atoms with Crippen molar-refractivity contribution in [1.29, 1.82) is 0 Å². The molecule has 1 aromatic carbocycles. The van der Waals surface area contributed by atoms with Crippen molar-refractivity contribution in [3.63, 3.8) is 0 Å². The van der Waals surface area contributed by atoms with Crippen molar-refractivity contribution >= 4 is 0 Å². The smallest absolute Gasteiger partial charge is 0.0951 e. The lowest BCUT2D eigenvalue weighted by Gasteiger charge is -2.19. The average molecular weight is 245 g/mol. The van der Waals surface area contributed by atoms with Crippen LogP contribution in [0.4, 0.5) is 0 Å². The Morgan fingerprint density at radius 2 is 2.11 bits per heavy atom. The van der Waals surface area contributed by atoms with Crippen molar-refractivity contribution in [3.8, 4) is 0 Å². The summed E-state index contributed by atoms with van der Waals surface area (Å²) in [6.07, 6.45) is 4.25. The lowest BCUT2D eigenvalue weighted by Crippen LogP contribution is -2.32. The van der Waals surface area contributed by atoms with E-state index in [2.05, 4.69) is 37.4 Å². The molecule has 2 aliphatic rings. The van der Waals surface area contributed by atoms with Gasteiger partial charge in [0.2, 0.25) is 0 Å². The zero-order valence-electron chi connectivity index (χ0n) is 11.4. The molecule has 1 aromatic rings. The van der Waals surface area contributed by atoms with Crippen LogP contribution in [0.1, 0.15) is 42.1 Å². The fourth-order valence-corrected chi connectivity index (χ4v) is 3.45. The van der Waals surface area contributed by atoms with E-state index in [1.807, 2.05) is 0 Å². The van der Waals surface area contributed by atoms with E-state index in [9.17, 15) is 0 Å². The fourth-order valence-electron chi connectivity index (χ4n) is 3.45. The second-order valence-electron chi connectivity index (χ2n) is 5.89. The van der Waals surface area contributed by atoms with Gasteiger partial charge < -0.3 is 10.1 Å². The maximum absolute atomic E-state index is 6.16. The Kier molecular flexibility index (Phi) is 3.40. The van der Waals surface area contributed by atoms with Crippen LogP contribution in [0.3, 0.4) is 0 Å². The minimum atomic E-state index is 0.233. The number of benzene rings is 1. The molecule has 0 bridgehead atoms. The fraction of sp³-hybridized carbons (Fsp3) is 0.625. The predicted molar refractivity (Wildman–Crippen MR) is 73.7 cm³/mol. The van der Waals surface area contributed by atoms with Gasteiger partial charge in [-0.05, 0) is 43.7 Å². The molecule has 2 heteroatoms. The largest absolute Gasteiger partial charge is 0.372 e. The van der Waals surface area contributed by atoms with Crippen molar-refractivity contribution in [1.82, 2.24) is 5.32 Å². The molecule has 2 fully saturated rings. The molecular formula is C16H23NO. The molecule has 18 heavy (non-hydrogen) atoms. The summed E-state index contributed by atoms with van der Waals surface area (Å²) >= 11 is 0. The highest BCUT2D eigenvalue weighted by molar-refractivity contribution is 5.32. The molecule has 3 atom stereocenters. The van der Waals surface area contributed by atoms with Gasteiger partial charge in [0, 0.05) is 12.6 Å². The number of hydrogen-bond donors (Lipinski definition) is 1. The van der Waals surface area contributed by atoms with Crippen molar-refractivity contribution in [3.05, 3.63) is 34.9 Å². The van der Waals surface area contributed by atoms with Gasteiger partial charge in [-0.3, -0.25) is 0 Å². The first kappa shape index (κ1) is 12.2. The molecule has 0 aromatic heterocycles. The summed E-state index contributed by atoms with van der Waals surface area (Å²) < 4.78 is 6.16. The Labute approximate surface area is 110 Å². The maximum Gasteiger partial charge on any atom is 0.0951 e. The quantitative estimate of drug-likeness (QED) is 0.820. The molecule has 3 unspecified atom stereocenters. The predicted octanol–water partition coefficient (Wildman–Crippen LogP) is 3.13. The SMILES string of the molecule is Cc1ccc(C2CNC3CCCC3CO2)c(C)c1. The number of aryl methyl sites for hydroxylation is 2. The summed E-state index contributed by atoms with van der Waals surface area (Å²) in [4.78, 5) is 0. The van der Waals surface area contributed by atoms with Gasteiger partial charge in [0.25, 0.3) is 0 Å². The molecule has 0 amide bonds. The van der Waals surface area contributed by atoms with Gasteiger partial charge in [-0.2, -0.15) is 0 Å². The van der Waals surface area contributed by atoms with Crippen molar-refractivity contribution < 1.29 is 4.74 Å². The van der Waals surface area contributed by atoms with Crippen LogP contribution in [-0.2, 0) is 4.74 Å². The molecule has 1 saturated heterocycles. The van der Waals surface area contributed by atoms with Crippen molar-refractivity contribution in [2.75, 3.05) is 13.2 Å². The highest BCUT2D eigenvalue weighted by Crippen LogP contribution is 2.32. The lowest BCUT2D eigenvalue weighted by atomic mass is 10.0. The summed E-state index contributed by atoms with van der Waals surface area (Å²) in [7, 11) is 0. The Hall–Kier alpha value is -0.860. The van der Waals surface area contributed by atoms with Crippen LogP contribution in [0.5, 0.6) is 0 Å². The normalized spacial score (nSPS) is 32.0. The van der Waals surface area contributed by atoms with E-state index in [1.54, 1.807) is 0 Å². The van der Waals surface area contributed by atoms with Gasteiger partial charge >= 0.3 is 0 Å². The molecule has 1 aliphatic heterocycles. The molecule has 2 nitrogen and oxygen atoms in total. The summed E-state index contributed by atoms with van der Waals surface area (Å²) in [6.45, 7) is 6.23. The van der Waals surface area contributed by atoms with Gasteiger partial charge in [-0.1, -0.05) is 30.2 Å². The average Bonchev–Trinajstić information content (AvgIpc) is 2.70. The van der Waals surface area contributed by atoms with Crippen LogP contribution in [0.2, 0.25) is 0 Å². The van der Waals surface area contributed by atoms with E-state index in [4.69, 9.17) is 4.74 Å². The monoisotopic (exact) mass is 245 g/mol. The summed E-state index contributed by atoms with van der Waals surface area (Å²) in [5.74, 6) is 0.737. The second kappa shape index (κ2) is 5.02. The van der Waals surface area contributed by atoms with Crippen LogP contribution in [0, 0.1) is 19.8 Å². The Morgan fingerprint density at radius 3 is 2.94 bits per heavy atom. The van der Waals surface area contributed by atoms with Crippen molar-refractivity contribution in [2.24, 2.45) is 5.92 Å². The first-order valence-electron chi connectivity index (χ1n) is 7.16. The van der Waals surface area contributed by atoms with E-state index in [1.165, 1.54) is 36.0 Å². The summed E-state index contributed by atoms with van der Waals surface area (Å²) in [6, 6.07) is 7.38. The zero-order valence-corrected chi connectivity index (χ0v) is 11.4. The Balaban J connectivity index is 1.76. The lowest BCUT2D eigenvalue weighted by molar-refractivity contribution is 0.0470. The topological polar surface area (TPSA) is 21.3 Å². The molecule has 1 saturated carbocycles. The van der Waals surface area contributed by atoms with E-state index in [0.717, 1.165) is 19.1 Å². The molecule has 3 rings (SSSR count). The van der Waals surface area contributed by atoms with Crippen LogP contribution < -0.4 is 5.32 Å². The number of ether oxygens (including phenoxy) is 1. The number of nitrogens with one attached hydrogen (secondary N) is 1. The number of fused-ring (bicyclic) bond motifs is 1. The van der Waals surface area contributed by atoms with Crippen LogP contribution in [-0.4, -0.2) is 19.2 Å². The number of hydrogen-bond acceptors (Lipinski definition) is 2. The molecule has 1 N–H and O–H groups in total. The van der Waals surface area contributed by atoms with Crippen LogP contribution in [0.15, 0.2) is 18.2 Å². The highest BCUT2D eigenvalue weighted by atomic mass is 16.5. The van der Waals surface area contributed by atoms with Crippen LogP contribution >= 0.6 is 0 Å². The van der Waals surface area contributed by atoms with Crippen LogP contribution in [0.25, 0.3) is 0 Å². The van der Waals surface area contributed by atoms with Gasteiger partial charge in [0.1, 0.15) is 0 Å². The molecular weight excluding hydrogens is 222 g/mol. The van der Waals surface area contributed by atoms with Gasteiger partial charge in [0.15, 0.2) is 0 Å². The standard InChI is InChI=1S/C16H23NO/c1-11-6-7-14(12(2)8-11)16-9-17-15-5-3-4-13(15)10-18-16/h6-8,13,15-17H,3-5,9-10H2,1-2H3. The minimum absolute atomic E-state index is 0.233. The van der Waals surface area contributed by atoms with E-state index < -0.39 is 0 Å². The maximum atomic E-state index is 6.16. The summed E-state index contributed by atoms with van der Waals surface area (Å²) in [5.41, 5.74) is 4.04. The van der Waals surface area contributed by atoms with E-state index >= 15 is 0 Å². The Morgan fingerprint density at radius 1 is 1.22 bits per heavy atom. The Bertz CT molecular complexity index is 415. The second-order valence-corrected chi connectivity index (χ2v) is 5.89. The third-order valence-corrected chi connectivity index (χ3v) is 4.51. The third kappa shape index (κ3) is 2.32. The van der Waals surface area contributed by atoms with Gasteiger partial charge in [-0.25, -0.2) is 0 Å². The minimum Gasteiger partial charge on any atom is -0.372 e. The molecule has 0 spiro atoms. The third-order valence-electron chi connectivity index (χ3n) is 4.51. The van der Waals surface area contributed by atoms with E-state index in [-0.39, 0.29) is 6.10 Å². The number of rotatable bonds is 1. The summed E-state index contributed by atoms with van der Waals surface area (Å²) in [5, 5.41) is 3.71. The van der Waals surface area contributed by atoms with Crippen molar-refractivity contribution in [2.45, 2.75) is 45.3 Å². The highest BCUT2D eigenvalue weighted by Gasteiger charge is 2.31. The molecule has 1 heterocycles. The zero-order chi connectivity index (χ0) is 12.5. The van der Waals surface area contributed by atoms with E-state index in [0.29, 0.717) is 6.04 Å². The first-order valence-corrected chi connectivity index (χ1v) is 7.16. The van der Waals surface area contributed by atoms with Gasteiger partial charge in [-0.15, -0.1) is 0 Å².